The average Bonchev–Trinajstić information content (AvgIpc) is 2.01. The van der Waals surface area contributed by atoms with E-state index in [2.05, 4.69) is 23.2 Å². The van der Waals surface area contributed by atoms with Gasteiger partial charge in [0.25, 0.3) is 0 Å². The van der Waals surface area contributed by atoms with Gasteiger partial charge in [0, 0.05) is 5.70 Å². The van der Waals surface area contributed by atoms with Gasteiger partial charge in [0.05, 0.1) is 6.61 Å². The molecule has 4 heteroatoms. The molecule has 0 saturated heterocycles. The van der Waals surface area contributed by atoms with E-state index in [4.69, 9.17) is 0 Å². The van der Waals surface area contributed by atoms with Crippen molar-refractivity contribution in [2.45, 2.75) is 6.92 Å². The number of hydrogen-bond donors (Lipinski definition) is 1. The summed E-state index contributed by atoms with van der Waals surface area (Å²) in [6.07, 6.45) is 1.77. The number of amides is 1. The minimum Gasteiger partial charge on any atom is -0.450 e. The summed E-state index contributed by atoms with van der Waals surface area (Å²) in [5.41, 5.74) is 0.247. The van der Waals surface area contributed by atoms with E-state index < -0.39 is 11.9 Å². The van der Waals surface area contributed by atoms with Crippen LogP contribution in [0.25, 0.3) is 0 Å². The van der Waals surface area contributed by atoms with Crippen LogP contribution < -0.4 is 5.32 Å². The van der Waals surface area contributed by atoms with E-state index in [1.54, 1.807) is 6.92 Å². The molecule has 0 atom stereocenters. The van der Waals surface area contributed by atoms with Crippen LogP contribution in [0.1, 0.15) is 6.92 Å². The number of carbonyl (C=O) groups is 1. The van der Waals surface area contributed by atoms with E-state index in [9.17, 15) is 9.18 Å². The summed E-state index contributed by atoms with van der Waals surface area (Å²) in [7, 11) is 0. The molecule has 1 amide bonds. The molecule has 0 aromatic carbocycles. The second kappa shape index (κ2) is 5.99. The fourth-order valence-electron chi connectivity index (χ4n) is 0.531. The third-order valence-corrected chi connectivity index (χ3v) is 1.00. The molecule has 0 aliphatic rings. The second-order valence-corrected chi connectivity index (χ2v) is 2.15. The monoisotopic (exact) mass is 185 g/mol. The van der Waals surface area contributed by atoms with E-state index in [0.717, 1.165) is 6.08 Å². The minimum absolute atomic E-state index is 0.247. The van der Waals surface area contributed by atoms with Crippen LogP contribution in [0.3, 0.4) is 0 Å². The number of halogens is 1. The first-order valence-electron chi connectivity index (χ1n) is 3.71. The highest BCUT2D eigenvalue weighted by Crippen LogP contribution is 1.96. The van der Waals surface area contributed by atoms with Gasteiger partial charge in [-0.2, -0.15) is 0 Å². The summed E-state index contributed by atoms with van der Waals surface area (Å²) in [4.78, 5) is 10.8. The van der Waals surface area contributed by atoms with Crippen LogP contribution in [-0.4, -0.2) is 12.7 Å². The predicted octanol–water partition coefficient (Wildman–Crippen LogP) is 2.29. The highest BCUT2D eigenvalue weighted by atomic mass is 19.1. The van der Waals surface area contributed by atoms with Crippen molar-refractivity contribution in [1.29, 1.82) is 0 Å². The van der Waals surface area contributed by atoms with Crippen LogP contribution in [0, 0.1) is 0 Å². The lowest BCUT2D eigenvalue weighted by Crippen LogP contribution is -2.22. The van der Waals surface area contributed by atoms with E-state index in [1.165, 1.54) is 6.08 Å². The summed E-state index contributed by atoms with van der Waals surface area (Å²) in [6, 6.07) is 0. The number of rotatable bonds is 4. The van der Waals surface area contributed by atoms with E-state index in [1.807, 2.05) is 0 Å². The summed E-state index contributed by atoms with van der Waals surface area (Å²) in [5, 5.41) is 2.29. The molecule has 0 radical (unpaired) electrons. The lowest BCUT2D eigenvalue weighted by atomic mass is 10.4. The third kappa shape index (κ3) is 6.80. The van der Waals surface area contributed by atoms with Gasteiger partial charge in [-0.1, -0.05) is 13.2 Å². The highest BCUT2D eigenvalue weighted by molar-refractivity contribution is 5.70. The first kappa shape index (κ1) is 11.4. The standard InChI is InChI=1S/C9H12FNO2/c1-4-13-9(12)11-8(3)6-5-7(2)10/h5-6H,2-4H2,1H3,(H,11,12)/b6-5-. The highest BCUT2D eigenvalue weighted by Gasteiger charge is 1.98. The van der Waals surface area contributed by atoms with E-state index >= 15 is 0 Å². The van der Waals surface area contributed by atoms with Gasteiger partial charge in [0.15, 0.2) is 0 Å². The van der Waals surface area contributed by atoms with Gasteiger partial charge in [0.1, 0.15) is 5.83 Å². The third-order valence-electron chi connectivity index (χ3n) is 1.00. The van der Waals surface area contributed by atoms with Crippen molar-refractivity contribution in [3.05, 3.63) is 36.8 Å². The molecule has 13 heavy (non-hydrogen) atoms. The van der Waals surface area contributed by atoms with Gasteiger partial charge in [-0.25, -0.2) is 9.18 Å². The molecule has 0 unspecified atom stereocenters. The second-order valence-electron chi connectivity index (χ2n) is 2.15. The number of nitrogens with one attached hydrogen (secondary N) is 1. The first-order chi connectivity index (χ1) is 6.06. The van der Waals surface area contributed by atoms with Gasteiger partial charge in [-0.3, -0.25) is 5.32 Å². The summed E-state index contributed by atoms with van der Waals surface area (Å²) in [5.74, 6) is -0.605. The quantitative estimate of drug-likeness (QED) is 0.682. The zero-order valence-electron chi connectivity index (χ0n) is 7.47. The van der Waals surface area contributed by atoms with Crippen molar-refractivity contribution in [2.24, 2.45) is 0 Å². The molecule has 0 bridgehead atoms. The molecule has 0 rings (SSSR count). The van der Waals surface area contributed by atoms with Crippen LogP contribution in [0.4, 0.5) is 9.18 Å². The summed E-state index contributed by atoms with van der Waals surface area (Å²) < 4.78 is 16.6. The summed E-state index contributed by atoms with van der Waals surface area (Å²) >= 11 is 0. The zero-order chi connectivity index (χ0) is 10.3. The molecule has 0 saturated carbocycles. The molecule has 0 aliphatic heterocycles. The Bertz CT molecular complexity index is 246. The molecule has 0 heterocycles. The fourth-order valence-corrected chi connectivity index (χ4v) is 0.531. The van der Waals surface area contributed by atoms with Gasteiger partial charge in [-0.15, -0.1) is 0 Å². The Morgan fingerprint density at radius 1 is 1.54 bits per heavy atom. The lowest BCUT2D eigenvalue weighted by Gasteiger charge is -2.03. The normalized spacial score (nSPS) is 9.69. The zero-order valence-corrected chi connectivity index (χ0v) is 7.47. The Labute approximate surface area is 76.6 Å². The number of ether oxygens (including phenoxy) is 1. The maximum Gasteiger partial charge on any atom is 0.411 e. The van der Waals surface area contributed by atoms with Gasteiger partial charge < -0.3 is 4.74 Å². The van der Waals surface area contributed by atoms with Crippen LogP contribution in [0.2, 0.25) is 0 Å². The van der Waals surface area contributed by atoms with Crippen molar-refractivity contribution in [1.82, 2.24) is 5.32 Å². The molecule has 0 fully saturated rings. The Morgan fingerprint density at radius 3 is 2.62 bits per heavy atom. The first-order valence-corrected chi connectivity index (χ1v) is 3.71. The minimum atomic E-state index is -0.610. The predicted molar refractivity (Wildman–Crippen MR) is 48.7 cm³/mol. The fraction of sp³-hybridized carbons (Fsp3) is 0.222. The Hall–Kier alpha value is -1.58. The number of alkyl carbamates (subject to hydrolysis) is 1. The van der Waals surface area contributed by atoms with Crippen LogP contribution in [0.15, 0.2) is 36.8 Å². The Morgan fingerprint density at radius 2 is 2.15 bits per heavy atom. The van der Waals surface area contributed by atoms with Crippen molar-refractivity contribution >= 4 is 6.09 Å². The lowest BCUT2D eigenvalue weighted by molar-refractivity contribution is 0.155. The van der Waals surface area contributed by atoms with Crippen molar-refractivity contribution in [3.63, 3.8) is 0 Å². The maximum absolute atomic E-state index is 12.1. The average molecular weight is 185 g/mol. The molecule has 0 spiro atoms. The molecule has 0 aliphatic carbocycles. The van der Waals surface area contributed by atoms with E-state index in [-0.39, 0.29) is 12.3 Å². The van der Waals surface area contributed by atoms with Crippen molar-refractivity contribution in [3.8, 4) is 0 Å². The van der Waals surface area contributed by atoms with Crippen LogP contribution in [-0.2, 0) is 4.74 Å². The molecule has 0 aromatic rings. The van der Waals surface area contributed by atoms with Crippen LogP contribution in [0.5, 0.6) is 0 Å². The van der Waals surface area contributed by atoms with E-state index in [0.29, 0.717) is 0 Å². The molecule has 1 N–H and O–H groups in total. The number of carbonyl (C=O) groups excluding carboxylic acids is 1. The Balaban J connectivity index is 3.87. The molecule has 0 aromatic heterocycles. The van der Waals surface area contributed by atoms with Crippen LogP contribution >= 0.6 is 0 Å². The topological polar surface area (TPSA) is 38.3 Å². The molecule has 72 valence electrons. The maximum atomic E-state index is 12.1. The number of allylic oxidation sites excluding steroid dienone is 3. The Kier molecular flexibility index (Phi) is 5.27. The van der Waals surface area contributed by atoms with Crippen molar-refractivity contribution in [2.75, 3.05) is 6.61 Å². The largest absolute Gasteiger partial charge is 0.450 e. The molecular formula is C9H12FNO2. The smallest absolute Gasteiger partial charge is 0.411 e. The van der Waals surface area contributed by atoms with Gasteiger partial charge in [-0.05, 0) is 19.1 Å². The summed E-state index contributed by atoms with van der Waals surface area (Å²) in [6.45, 7) is 8.40. The molecule has 3 nitrogen and oxygen atoms in total. The number of hydrogen-bond acceptors (Lipinski definition) is 2. The van der Waals surface area contributed by atoms with Gasteiger partial charge in [0.2, 0.25) is 0 Å². The van der Waals surface area contributed by atoms with Gasteiger partial charge >= 0.3 is 6.09 Å². The molecular weight excluding hydrogens is 173 g/mol. The SMILES string of the molecule is C=C(F)/C=C\C(=C)NC(=O)OCC. The van der Waals surface area contributed by atoms with Crippen molar-refractivity contribution < 1.29 is 13.9 Å².